The van der Waals surface area contributed by atoms with Crippen LogP contribution in [0.4, 0.5) is 39.5 Å². The van der Waals surface area contributed by atoms with Crippen molar-refractivity contribution in [2.75, 3.05) is 6.54 Å². The first kappa shape index (κ1) is 28.7. The molecule has 0 spiro atoms. The fraction of sp³-hybridized carbons (Fsp3) is 0.364. The molecule has 0 saturated heterocycles. The highest BCUT2D eigenvalue weighted by Gasteiger charge is 2.64. The Bertz CT molecular complexity index is 1260. The molecule has 1 aromatic carbocycles. The molecule has 1 atom stereocenters. The van der Waals surface area contributed by atoms with Crippen LogP contribution in [0, 0.1) is 0 Å². The highest BCUT2D eigenvalue weighted by Crippen LogP contribution is 2.49. The van der Waals surface area contributed by atoms with Crippen LogP contribution in [0.5, 0.6) is 0 Å². The zero-order valence-corrected chi connectivity index (χ0v) is 19.1. The van der Waals surface area contributed by atoms with Crippen molar-refractivity contribution < 1.29 is 53.9 Å². The number of hydrogen-bond acceptors (Lipinski definition) is 5. The lowest BCUT2D eigenvalue weighted by molar-refractivity contribution is -0.278. The first-order valence-electron chi connectivity index (χ1n) is 10.5. The van der Waals surface area contributed by atoms with Gasteiger partial charge in [0.25, 0.3) is 11.5 Å². The minimum absolute atomic E-state index is 0.0381. The molecule has 2 heterocycles. The summed E-state index contributed by atoms with van der Waals surface area (Å²) in [6.45, 7) is -0.603. The molecule has 1 amide bonds. The van der Waals surface area contributed by atoms with Crippen molar-refractivity contribution in [1.29, 1.82) is 0 Å². The topological polar surface area (TPSA) is 85.6 Å². The molecule has 0 saturated carbocycles. The van der Waals surface area contributed by atoms with Crippen LogP contribution >= 0.6 is 0 Å². The highest BCUT2D eigenvalue weighted by atomic mass is 19.4. The number of carbonyl (C=O) groups is 2. The van der Waals surface area contributed by atoms with Crippen LogP contribution in [0.25, 0.3) is 0 Å². The summed E-state index contributed by atoms with van der Waals surface area (Å²) >= 11 is 0. The van der Waals surface area contributed by atoms with Gasteiger partial charge >= 0.3 is 18.5 Å². The highest BCUT2D eigenvalue weighted by molar-refractivity contribution is 6.03. The third-order valence-electron chi connectivity index (χ3n) is 5.33. The zero-order valence-electron chi connectivity index (χ0n) is 19.1. The summed E-state index contributed by atoms with van der Waals surface area (Å²) in [6.07, 6.45) is -15.7. The van der Waals surface area contributed by atoms with Gasteiger partial charge < -0.3 is 10.2 Å². The van der Waals surface area contributed by atoms with E-state index in [0.29, 0.717) is 16.8 Å². The van der Waals surface area contributed by atoms with Gasteiger partial charge in [0.2, 0.25) is 0 Å². The number of carbonyl (C=O) groups excluding carboxylic acids is 2. The van der Waals surface area contributed by atoms with Crippen molar-refractivity contribution in [3.8, 4) is 0 Å². The fourth-order valence-electron chi connectivity index (χ4n) is 3.47. The molecule has 16 heteroatoms. The Hall–Kier alpha value is -3.85. The standard InChI is InChI=1S/C22H17F9N4O3/c1-35-17(9-16(33-35)21(26,27)28)19(22(29,30)31)10-15(34-38-19)12-4-6-13(7-5-12)18(37)32-11-14(36)3-2-8-20(23,24)25/h2-7,9H,8,10-11H2,1H3,(H,32,37)/b3-2+. The molecule has 0 radical (unpaired) electrons. The molecular weight excluding hydrogens is 539 g/mol. The predicted octanol–water partition coefficient (Wildman–Crippen LogP) is 4.83. The average molecular weight is 556 g/mol. The molecule has 0 bridgehead atoms. The average Bonchev–Trinajstić information content (AvgIpc) is 3.41. The van der Waals surface area contributed by atoms with Gasteiger partial charge in [-0.25, -0.2) is 0 Å². The summed E-state index contributed by atoms with van der Waals surface area (Å²) in [5.41, 5.74) is -5.94. The fourth-order valence-corrected chi connectivity index (χ4v) is 3.47. The van der Waals surface area contributed by atoms with E-state index in [1.807, 2.05) is 0 Å². The number of rotatable bonds is 7. The smallest absolute Gasteiger partial charge is 0.372 e. The number of halogens is 9. The number of nitrogens with zero attached hydrogens (tertiary/aromatic N) is 3. The van der Waals surface area contributed by atoms with Gasteiger partial charge in [-0.3, -0.25) is 14.3 Å². The molecule has 7 nitrogen and oxygen atoms in total. The van der Waals surface area contributed by atoms with Crippen molar-refractivity contribution in [2.45, 2.75) is 37.0 Å². The second-order valence-electron chi connectivity index (χ2n) is 8.12. The number of aromatic nitrogens is 2. The lowest BCUT2D eigenvalue weighted by Gasteiger charge is -2.28. The normalized spacial score (nSPS) is 18.4. The molecule has 3 rings (SSSR count). The largest absolute Gasteiger partial charge is 0.437 e. The number of ketones is 1. The van der Waals surface area contributed by atoms with E-state index < -0.39 is 66.6 Å². The van der Waals surface area contributed by atoms with E-state index in [0.717, 1.165) is 7.05 Å². The van der Waals surface area contributed by atoms with Gasteiger partial charge in [-0.15, -0.1) is 0 Å². The first-order valence-corrected chi connectivity index (χ1v) is 10.5. The summed E-state index contributed by atoms with van der Waals surface area (Å²) in [4.78, 5) is 28.5. The van der Waals surface area contributed by atoms with Crippen molar-refractivity contribution in [3.05, 3.63) is 65.0 Å². The maximum Gasteiger partial charge on any atom is 0.437 e. The van der Waals surface area contributed by atoms with Crippen LogP contribution in [-0.2, 0) is 28.5 Å². The van der Waals surface area contributed by atoms with Gasteiger partial charge in [-0.05, 0) is 29.8 Å². The molecule has 0 aliphatic carbocycles. The van der Waals surface area contributed by atoms with E-state index in [1.54, 1.807) is 0 Å². The van der Waals surface area contributed by atoms with E-state index >= 15 is 0 Å². The molecule has 1 N–H and O–H groups in total. The minimum atomic E-state index is -5.18. The Labute approximate surface area is 207 Å². The first-order chi connectivity index (χ1) is 17.4. The number of hydrogen-bond donors (Lipinski definition) is 1. The lowest BCUT2D eigenvalue weighted by Crippen LogP contribution is -2.44. The van der Waals surface area contributed by atoms with Gasteiger partial charge in [0, 0.05) is 12.6 Å². The van der Waals surface area contributed by atoms with Gasteiger partial charge in [-0.2, -0.15) is 44.6 Å². The Morgan fingerprint density at radius 2 is 1.71 bits per heavy atom. The Morgan fingerprint density at radius 1 is 1.08 bits per heavy atom. The summed E-state index contributed by atoms with van der Waals surface area (Å²) in [6, 6.07) is 5.00. The Kier molecular flexibility index (Phi) is 7.66. The predicted molar refractivity (Wildman–Crippen MR) is 112 cm³/mol. The van der Waals surface area contributed by atoms with Crippen LogP contribution in [0.15, 0.2) is 47.6 Å². The zero-order chi connectivity index (χ0) is 28.5. The SMILES string of the molecule is Cn1nc(C(F)(F)F)cc1C1(C(F)(F)F)CC(c2ccc(C(=O)NCC(=O)/C=C/CC(F)(F)F)cc2)=NO1. The van der Waals surface area contributed by atoms with Crippen LogP contribution in [0.1, 0.15) is 40.2 Å². The molecule has 38 heavy (non-hydrogen) atoms. The van der Waals surface area contributed by atoms with Crippen molar-refractivity contribution in [2.24, 2.45) is 12.2 Å². The molecule has 2 aromatic rings. The van der Waals surface area contributed by atoms with Crippen molar-refractivity contribution in [3.63, 3.8) is 0 Å². The Morgan fingerprint density at radius 3 is 2.24 bits per heavy atom. The molecule has 1 aliphatic heterocycles. The van der Waals surface area contributed by atoms with E-state index in [9.17, 15) is 49.1 Å². The molecule has 1 unspecified atom stereocenters. The van der Waals surface area contributed by atoms with Gasteiger partial charge in [0.15, 0.2) is 11.5 Å². The molecule has 1 aliphatic rings. The summed E-state index contributed by atoms with van der Waals surface area (Å²) in [5.74, 6) is -1.60. The van der Waals surface area contributed by atoms with Crippen LogP contribution in [0.3, 0.4) is 0 Å². The second-order valence-corrected chi connectivity index (χ2v) is 8.12. The summed E-state index contributed by atoms with van der Waals surface area (Å²) < 4.78 is 118. The van der Waals surface area contributed by atoms with Gasteiger partial charge in [-0.1, -0.05) is 23.4 Å². The van der Waals surface area contributed by atoms with Crippen LogP contribution < -0.4 is 5.32 Å². The summed E-state index contributed by atoms with van der Waals surface area (Å²) in [7, 11) is 0.906. The number of aryl methyl sites for hydroxylation is 1. The van der Waals surface area contributed by atoms with E-state index in [4.69, 9.17) is 4.84 Å². The number of benzene rings is 1. The maximum absolute atomic E-state index is 14.1. The van der Waals surface area contributed by atoms with Crippen molar-refractivity contribution in [1.82, 2.24) is 15.1 Å². The molecule has 206 valence electrons. The van der Waals surface area contributed by atoms with E-state index in [2.05, 4.69) is 15.6 Å². The van der Waals surface area contributed by atoms with Crippen LogP contribution in [-0.4, -0.2) is 46.1 Å². The molecule has 0 fully saturated rings. The third-order valence-corrected chi connectivity index (χ3v) is 5.33. The number of amides is 1. The van der Waals surface area contributed by atoms with Crippen LogP contribution in [0.2, 0.25) is 0 Å². The Balaban J connectivity index is 1.71. The monoisotopic (exact) mass is 556 g/mol. The van der Waals surface area contributed by atoms with Crippen molar-refractivity contribution >= 4 is 17.4 Å². The lowest BCUT2D eigenvalue weighted by atomic mass is 9.89. The summed E-state index contributed by atoms with van der Waals surface area (Å²) in [5, 5.41) is 8.73. The number of nitrogens with one attached hydrogen (secondary N) is 1. The quantitative estimate of drug-likeness (QED) is 0.391. The van der Waals surface area contributed by atoms with E-state index in [1.165, 1.54) is 24.3 Å². The molecular formula is C22H17F9N4O3. The van der Waals surface area contributed by atoms with Gasteiger partial charge in [0.05, 0.1) is 30.8 Å². The molecule has 1 aromatic heterocycles. The maximum atomic E-state index is 14.1. The van der Waals surface area contributed by atoms with E-state index in [-0.39, 0.29) is 22.9 Å². The van der Waals surface area contributed by atoms with Gasteiger partial charge in [0.1, 0.15) is 0 Å². The second kappa shape index (κ2) is 10.1. The number of allylic oxidation sites excluding steroid dienone is 1. The minimum Gasteiger partial charge on any atom is -0.372 e. The number of oxime groups is 1. The number of alkyl halides is 9. The third kappa shape index (κ3) is 6.34.